The first-order chi connectivity index (χ1) is 9.51. The Morgan fingerprint density at radius 3 is 2.75 bits per heavy atom. The first kappa shape index (κ1) is 13.7. The lowest BCUT2D eigenvalue weighted by Crippen LogP contribution is -2.07. The van der Waals surface area contributed by atoms with E-state index in [1.54, 1.807) is 13.0 Å². The molecule has 0 aromatic carbocycles. The van der Waals surface area contributed by atoms with Gasteiger partial charge in [-0.25, -0.2) is 4.98 Å². The molecule has 106 valence electrons. The summed E-state index contributed by atoms with van der Waals surface area (Å²) >= 11 is 0. The molecule has 0 saturated carbocycles. The third-order valence-electron chi connectivity index (χ3n) is 2.43. The van der Waals surface area contributed by atoms with Gasteiger partial charge in [-0.1, -0.05) is 0 Å². The minimum absolute atomic E-state index is 0.134. The van der Waals surface area contributed by atoms with Crippen LogP contribution in [0.5, 0.6) is 11.8 Å². The highest BCUT2D eigenvalue weighted by atomic mass is 16.6. The predicted octanol–water partition coefficient (Wildman–Crippen LogP) is 1.95. The molecular formula is C11H14N6O3. The second-order valence-electron chi connectivity index (χ2n) is 4.07. The maximum atomic E-state index is 11.1. The number of ether oxygens (including phenoxy) is 1. The molecule has 9 heteroatoms. The Morgan fingerprint density at radius 2 is 2.20 bits per heavy atom. The molecule has 2 aromatic rings. The van der Waals surface area contributed by atoms with Gasteiger partial charge in [-0.2, -0.15) is 4.98 Å². The molecule has 0 aliphatic heterocycles. The lowest BCUT2D eigenvalue weighted by Gasteiger charge is -2.07. The summed E-state index contributed by atoms with van der Waals surface area (Å²) in [5, 5.41) is 20.6. The molecule has 0 unspecified atom stereocenters. The van der Waals surface area contributed by atoms with Crippen LogP contribution in [0.25, 0.3) is 0 Å². The molecule has 0 atom stereocenters. The van der Waals surface area contributed by atoms with Crippen molar-refractivity contribution in [3.8, 4) is 11.8 Å². The fourth-order valence-corrected chi connectivity index (χ4v) is 1.60. The SMILES string of the molecule is CCNc1nc(C)c([N+](=O)[O-])c(Oc2cc(C)[nH]n2)n1. The highest BCUT2D eigenvalue weighted by Gasteiger charge is 2.24. The first-order valence-corrected chi connectivity index (χ1v) is 5.98. The molecule has 0 spiro atoms. The second kappa shape index (κ2) is 5.51. The van der Waals surface area contributed by atoms with Crippen LogP contribution in [0.1, 0.15) is 18.3 Å². The van der Waals surface area contributed by atoms with Crippen LogP contribution in [0.4, 0.5) is 11.6 Å². The number of aromatic nitrogens is 4. The molecule has 2 heterocycles. The maximum absolute atomic E-state index is 11.1. The second-order valence-corrected chi connectivity index (χ2v) is 4.07. The molecule has 2 N–H and O–H groups in total. The lowest BCUT2D eigenvalue weighted by atomic mass is 10.3. The van der Waals surface area contributed by atoms with Crippen molar-refractivity contribution in [2.75, 3.05) is 11.9 Å². The van der Waals surface area contributed by atoms with E-state index in [0.717, 1.165) is 5.69 Å². The number of aromatic amines is 1. The number of hydrogen-bond donors (Lipinski definition) is 2. The molecular weight excluding hydrogens is 264 g/mol. The van der Waals surface area contributed by atoms with Gasteiger partial charge in [0.05, 0.1) is 4.92 Å². The largest absolute Gasteiger partial charge is 0.413 e. The lowest BCUT2D eigenvalue weighted by molar-refractivity contribution is -0.386. The van der Waals surface area contributed by atoms with Crippen LogP contribution in [-0.2, 0) is 0 Å². The van der Waals surface area contributed by atoms with Crippen molar-refractivity contribution in [2.45, 2.75) is 20.8 Å². The number of nitrogens with zero attached hydrogens (tertiary/aromatic N) is 4. The molecule has 9 nitrogen and oxygen atoms in total. The number of nitro groups is 1. The van der Waals surface area contributed by atoms with Crippen LogP contribution in [0.2, 0.25) is 0 Å². The molecule has 20 heavy (non-hydrogen) atoms. The Hall–Kier alpha value is -2.71. The topological polar surface area (TPSA) is 119 Å². The number of aryl methyl sites for hydroxylation is 2. The zero-order valence-corrected chi connectivity index (χ0v) is 11.3. The third kappa shape index (κ3) is 2.82. The van der Waals surface area contributed by atoms with Gasteiger partial charge in [0.2, 0.25) is 11.8 Å². The van der Waals surface area contributed by atoms with Crippen molar-refractivity contribution in [3.63, 3.8) is 0 Å². The molecule has 0 saturated heterocycles. The summed E-state index contributed by atoms with van der Waals surface area (Å²) in [6.45, 7) is 5.79. The van der Waals surface area contributed by atoms with Gasteiger partial charge in [-0.05, 0) is 20.8 Å². The number of H-pyrrole nitrogens is 1. The van der Waals surface area contributed by atoms with Gasteiger partial charge in [0, 0.05) is 18.3 Å². The van der Waals surface area contributed by atoms with Gasteiger partial charge in [0.1, 0.15) is 5.69 Å². The van der Waals surface area contributed by atoms with Crippen molar-refractivity contribution in [2.24, 2.45) is 0 Å². The van der Waals surface area contributed by atoms with Gasteiger partial charge < -0.3 is 10.1 Å². The standard InChI is InChI=1S/C11H14N6O3/c1-4-12-11-13-7(3)9(17(18)19)10(14-11)20-8-5-6(2)15-16-8/h5H,4H2,1-3H3,(H,15,16)(H,12,13,14). The summed E-state index contributed by atoms with van der Waals surface area (Å²) in [5.74, 6) is 0.356. The number of anilines is 1. The molecule has 2 rings (SSSR count). The number of nitrogens with one attached hydrogen (secondary N) is 2. The van der Waals surface area contributed by atoms with E-state index in [9.17, 15) is 10.1 Å². The predicted molar refractivity (Wildman–Crippen MR) is 71.0 cm³/mol. The van der Waals surface area contributed by atoms with E-state index in [0.29, 0.717) is 6.54 Å². The van der Waals surface area contributed by atoms with Gasteiger partial charge in [-0.15, -0.1) is 5.10 Å². The van der Waals surface area contributed by atoms with Crippen molar-refractivity contribution >= 4 is 11.6 Å². The fourth-order valence-electron chi connectivity index (χ4n) is 1.60. The van der Waals surface area contributed by atoms with Crippen LogP contribution >= 0.6 is 0 Å². The molecule has 0 aliphatic rings. The summed E-state index contributed by atoms with van der Waals surface area (Å²) in [5.41, 5.74) is 0.732. The van der Waals surface area contributed by atoms with Crippen LogP contribution in [0.3, 0.4) is 0 Å². The first-order valence-electron chi connectivity index (χ1n) is 5.98. The van der Waals surface area contributed by atoms with E-state index in [1.807, 2.05) is 6.92 Å². The highest BCUT2D eigenvalue weighted by molar-refractivity contribution is 5.49. The summed E-state index contributed by atoms with van der Waals surface area (Å²) in [6.07, 6.45) is 0. The molecule has 0 radical (unpaired) electrons. The average Bonchev–Trinajstić information content (AvgIpc) is 2.74. The van der Waals surface area contributed by atoms with E-state index in [2.05, 4.69) is 25.5 Å². The summed E-state index contributed by atoms with van der Waals surface area (Å²) in [6, 6.07) is 1.62. The van der Waals surface area contributed by atoms with Gasteiger partial charge >= 0.3 is 11.6 Å². The van der Waals surface area contributed by atoms with Crippen LogP contribution in [0, 0.1) is 24.0 Å². The van der Waals surface area contributed by atoms with Crippen molar-refractivity contribution in [3.05, 3.63) is 27.6 Å². The molecule has 0 aliphatic carbocycles. The van der Waals surface area contributed by atoms with Crippen LogP contribution < -0.4 is 10.1 Å². The Bertz CT molecular complexity index is 639. The Balaban J connectivity index is 2.44. The van der Waals surface area contributed by atoms with Gasteiger partial charge in [0.15, 0.2) is 0 Å². The van der Waals surface area contributed by atoms with E-state index in [1.165, 1.54) is 6.92 Å². The molecule has 0 amide bonds. The average molecular weight is 278 g/mol. The molecule has 0 bridgehead atoms. The van der Waals surface area contributed by atoms with E-state index < -0.39 is 4.92 Å². The van der Waals surface area contributed by atoms with Crippen molar-refractivity contribution in [1.29, 1.82) is 0 Å². The summed E-state index contributed by atoms with van der Waals surface area (Å²) in [4.78, 5) is 18.6. The van der Waals surface area contributed by atoms with Gasteiger partial charge in [-0.3, -0.25) is 15.2 Å². The summed E-state index contributed by atoms with van der Waals surface area (Å²) in [7, 11) is 0. The van der Waals surface area contributed by atoms with E-state index in [-0.39, 0.29) is 29.1 Å². The normalized spacial score (nSPS) is 10.3. The Kier molecular flexibility index (Phi) is 3.78. The minimum atomic E-state index is -0.570. The molecule has 0 fully saturated rings. The van der Waals surface area contributed by atoms with Crippen LogP contribution in [-0.4, -0.2) is 31.6 Å². The Labute approximate surface area is 114 Å². The highest BCUT2D eigenvalue weighted by Crippen LogP contribution is 2.31. The zero-order valence-electron chi connectivity index (χ0n) is 11.3. The fraction of sp³-hybridized carbons (Fsp3) is 0.364. The molecule has 2 aromatic heterocycles. The minimum Gasteiger partial charge on any atom is -0.413 e. The van der Waals surface area contributed by atoms with Crippen molar-refractivity contribution in [1.82, 2.24) is 20.2 Å². The van der Waals surface area contributed by atoms with E-state index in [4.69, 9.17) is 4.74 Å². The number of rotatable bonds is 5. The van der Waals surface area contributed by atoms with Crippen LogP contribution in [0.15, 0.2) is 6.07 Å². The smallest absolute Gasteiger partial charge is 0.352 e. The Morgan fingerprint density at radius 1 is 1.45 bits per heavy atom. The summed E-state index contributed by atoms with van der Waals surface area (Å²) < 4.78 is 5.38. The van der Waals surface area contributed by atoms with Gasteiger partial charge in [0.25, 0.3) is 0 Å². The monoisotopic (exact) mass is 278 g/mol. The van der Waals surface area contributed by atoms with E-state index >= 15 is 0 Å². The maximum Gasteiger partial charge on any atom is 0.352 e. The quantitative estimate of drug-likeness (QED) is 0.633. The van der Waals surface area contributed by atoms with Crippen molar-refractivity contribution < 1.29 is 9.66 Å². The zero-order chi connectivity index (χ0) is 14.7. The number of hydrogen-bond acceptors (Lipinski definition) is 7. The third-order valence-corrected chi connectivity index (χ3v) is 2.43.